The molecule has 0 atom stereocenters. The summed E-state index contributed by atoms with van der Waals surface area (Å²) in [6, 6.07) is 4.08. The molecule has 4 nitrogen and oxygen atoms in total. The molecule has 1 amide bonds. The van der Waals surface area contributed by atoms with Gasteiger partial charge in [-0.3, -0.25) is 4.79 Å². The molecule has 2 rings (SSSR count). The third-order valence-corrected chi connectivity index (χ3v) is 2.10. The first-order chi connectivity index (χ1) is 7.65. The number of carbonyl (C=O) groups excluding carboxylic acids is 1. The van der Waals surface area contributed by atoms with Gasteiger partial charge in [0.1, 0.15) is 5.69 Å². The first-order valence-electron chi connectivity index (χ1n) is 4.42. The molecular weight excluding hydrogens is 233 g/mol. The number of nitrogens with zero attached hydrogens (tertiary/aromatic N) is 1. The third-order valence-electron chi connectivity index (χ3n) is 1.88. The van der Waals surface area contributed by atoms with E-state index in [0.717, 1.165) is 6.07 Å². The van der Waals surface area contributed by atoms with E-state index in [4.69, 9.17) is 11.6 Å². The van der Waals surface area contributed by atoms with E-state index < -0.39 is 5.95 Å². The highest BCUT2D eigenvalue weighted by Crippen LogP contribution is 2.12. The lowest BCUT2D eigenvalue weighted by atomic mass is 10.3. The van der Waals surface area contributed by atoms with Crippen LogP contribution in [0.5, 0.6) is 0 Å². The van der Waals surface area contributed by atoms with Gasteiger partial charge in [0, 0.05) is 6.20 Å². The van der Waals surface area contributed by atoms with Crippen LogP contribution in [0.4, 0.5) is 10.1 Å². The fourth-order valence-electron chi connectivity index (χ4n) is 1.15. The molecule has 0 bridgehead atoms. The molecule has 2 heterocycles. The lowest BCUT2D eigenvalue weighted by Gasteiger charge is -2.02. The van der Waals surface area contributed by atoms with E-state index in [9.17, 15) is 9.18 Å². The second kappa shape index (κ2) is 4.32. The summed E-state index contributed by atoms with van der Waals surface area (Å²) in [6.07, 6.45) is 2.73. The van der Waals surface area contributed by atoms with E-state index in [1.807, 2.05) is 0 Å². The lowest BCUT2D eigenvalue weighted by molar-refractivity contribution is 0.102. The van der Waals surface area contributed by atoms with Crippen LogP contribution >= 0.6 is 11.6 Å². The Morgan fingerprint density at radius 2 is 2.31 bits per heavy atom. The van der Waals surface area contributed by atoms with Crippen molar-refractivity contribution in [2.45, 2.75) is 0 Å². The zero-order valence-corrected chi connectivity index (χ0v) is 8.75. The van der Waals surface area contributed by atoms with E-state index >= 15 is 0 Å². The fourth-order valence-corrected chi connectivity index (χ4v) is 1.31. The highest BCUT2D eigenvalue weighted by atomic mass is 35.5. The van der Waals surface area contributed by atoms with E-state index in [1.54, 1.807) is 0 Å². The summed E-state index contributed by atoms with van der Waals surface area (Å²) in [6.45, 7) is 0. The van der Waals surface area contributed by atoms with Crippen molar-refractivity contribution in [3.05, 3.63) is 47.3 Å². The van der Waals surface area contributed by atoms with Crippen molar-refractivity contribution >= 4 is 23.2 Å². The van der Waals surface area contributed by atoms with Crippen LogP contribution in [-0.4, -0.2) is 15.9 Å². The van der Waals surface area contributed by atoms with Gasteiger partial charge in [0.25, 0.3) is 5.91 Å². The molecular formula is C10H7ClFN3O. The topological polar surface area (TPSA) is 57.8 Å². The molecule has 0 unspecified atom stereocenters. The van der Waals surface area contributed by atoms with E-state index in [0.29, 0.717) is 16.4 Å². The Balaban J connectivity index is 2.10. The third kappa shape index (κ3) is 2.38. The number of nitrogens with one attached hydrogen (secondary N) is 2. The molecule has 0 spiro atoms. The number of halogens is 2. The molecule has 6 heteroatoms. The Morgan fingerprint density at radius 3 is 2.88 bits per heavy atom. The first kappa shape index (κ1) is 10.6. The van der Waals surface area contributed by atoms with Crippen molar-refractivity contribution in [1.82, 2.24) is 9.97 Å². The van der Waals surface area contributed by atoms with Crippen LogP contribution in [0.15, 0.2) is 30.6 Å². The van der Waals surface area contributed by atoms with Gasteiger partial charge in [-0.15, -0.1) is 0 Å². The zero-order chi connectivity index (χ0) is 11.5. The monoisotopic (exact) mass is 239 g/mol. The lowest BCUT2D eigenvalue weighted by Crippen LogP contribution is -2.12. The average Bonchev–Trinajstić information content (AvgIpc) is 2.68. The molecule has 0 aromatic carbocycles. The van der Waals surface area contributed by atoms with Crippen LogP contribution in [0, 0.1) is 5.95 Å². The van der Waals surface area contributed by atoms with Crippen LogP contribution in [0.2, 0.25) is 5.02 Å². The molecule has 0 aliphatic rings. The van der Waals surface area contributed by atoms with Crippen LogP contribution in [0.1, 0.15) is 10.5 Å². The summed E-state index contributed by atoms with van der Waals surface area (Å²) in [5.41, 5.74) is 0.742. The first-order valence-corrected chi connectivity index (χ1v) is 4.80. The Kier molecular flexibility index (Phi) is 2.87. The summed E-state index contributed by atoms with van der Waals surface area (Å²) < 4.78 is 12.5. The van der Waals surface area contributed by atoms with Gasteiger partial charge >= 0.3 is 0 Å². The summed E-state index contributed by atoms with van der Waals surface area (Å²) in [7, 11) is 0. The zero-order valence-electron chi connectivity index (χ0n) is 8.00. The molecule has 2 aromatic heterocycles. The van der Waals surface area contributed by atoms with Crippen molar-refractivity contribution in [3.8, 4) is 0 Å². The molecule has 0 aliphatic carbocycles. The Labute approximate surface area is 95.5 Å². The molecule has 2 aromatic rings. The number of carbonyl (C=O) groups is 1. The maximum Gasteiger partial charge on any atom is 0.272 e. The van der Waals surface area contributed by atoms with Gasteiger partial charge in [-0.1, -0.05) is 11.6 Å². The number of aromatic amines is 1. The van der Waals surface area contributed by atoms with E-state index in [1.165, 1.54) is 24.5 Å². The smallest absolute Gasteiger partial charge is 0.272 e. The molecule has 0 fully saturated rings. The Morgan fingerprint density at radius 1 is 1.50 bits per heavy atom. The van der Waals surface area contributed by atoms with E-state index in [2.05, 4.69) is 15.3 Å². The number of H-pyrrole nitrogens is 1. The standard InChI is InChI=1S/C10H7ClFN3O/c11-6-3-8(13-4-6)10(16)15-7-1-2-9(12)14-5-7/h1-5,13H,(H,15,16). The van der Waals surface area contributed by atoms with Crippen LogP contribution in [0.3, 0.4) is 0 Å². The predicted octanol–water partition coefficient (Wildman–Crippen LogP) is 2.45. The molecule has 0 saturated carbocycles. The van der Waals surface area contributed by atoms with Gasteiger partial charge in [-0.25, -0.2) is 4.98 Å². The molecule has 0 radical (unpaired) electrons. The number of aromatic nitrogens is 2. The number of rotatable bonds is 2. The van der Waals surface area contributed by atoms with Crippen molar-refractivity contribution in [1.29, 1.82) is 0 Å². The van der Waals surface area contributed by atoms with E-state index in [-0.39, 0.29) is 5.91 Å². The Bertz CT molecular complexity index is 509. The number of hydrogen-bond acceptors (Lipinski definition) is 2. The summed E-state index contributed by atoms with van der Waals surface area (Å²) >= 11 is 5.66. The SMILES string of the molecule is O=C(Nc1ccc(F)nc1)c1cc(Cl)c[nH]1. The van der Waals surface area contributed by atoms with Crippen LogP contribution in [-0.2, 0) is 0 Å². The maximum atomic E-state index is 12.5. The number of amides is 1. The maximum absolute atomic E-state index is 12.5. The number of hydrogen-bond donors (Lipinski definition) is 2. The minimum absolute atomic E-state index is 0.328. The fraction of sp³-hybridized carbons (Fsp3) is 0. The number of pyridine rings is 1. The molecule has 0 saturated heterocycles. The molecule has 0 aliphatic heterocycles. The molecule has 82 valence electrons. The highest BCUT2D eigenvalue weighted by Gasteiger charge is 2.08. The van der Waals surface area contributed by atoms with Crippen molar-refractivity contribution < 1.29 is 9.18 Å². The second-order valence-electron chi connectivity index (χ2n) is 3.06. The Hall–Kier alpha value is -1.88. The van der Waals surface area contributed by atoms with Gasteiger partial charge in [0.15, 0.2) is 0 Å². The summed E-state index contributed by atoms with van der Waals surface area (Å²) in [5.74, 6) is -0.957. The van der Waals surface area contributed by atoms with Gasteiger partial charge in [-0.05, 0) is 18.2 Å². The minimum atomic E-state index is -0.596. The van der Waals surface area contributed by atoms with Crippen LogP contribution < -0.4 is 5.32 Å². The van der Waals surface area contributed by atoms with Crippen molar-refractivity contribution in [2.24, 2.45) is 0 Å². The second-order valence-corrected chi connectivity index (χ2v) is 3.49. The molecule has 2 N–H and O–H groups in total. The number of anilines is 1. The average molecular weight is 240 g/mol. The van der Waals surface area contributed by atoms with Gasteiger partial charge in [0.2, 0.25) is 5.95 Å². The normalized spacial score (nSPS) is 10.1. The van der Waals surface area contributed by atoms with Crippen LogP contribution in [0.25, 0.3) is 0 Å². The summed E-state index contributed by atoms with van der Waals surface area (Å²) in [4.78, 5) is 17.7. The molecule has 16 heavy (non-hydrogen) atoms. The van der Waals surface area contributed by atoms with Gasteiger partial charge < -0.3 is 10.3 Å². The van der Waals surface area contributed by atoms with Crippen molar-refractivity contribution in [3.63, 3.8) is 0 Å². The minimum Gasteiger partial charge on any atom is -0.356 e. The van der Waals surface area contributed by atoms with Crippen molar-refractivity contribution in [2.75, 3.05) is 5.32 Å². The van der Waals surface area contributed by atoms with Gasteiger partial charge in [0.05, 0.1) is 16.9 Å². The highest BCUT2D eigenvalue weighted by molar-refractivity contribution is 6.31. The largest absolute Gasteiger partial charge is 0.356 e. The summed E-state index contributed by atoms with van der Waals surface area (Å²) in [5, 5.41) is 2.99. The quantitative estimate of drug-likeness (QED) is 0.791. The van der Waals surface area contributed by atoms with Gasteiger partial charge in [-0.2, -0.15) is 4.39 Å². The predicted molar refractivity (Wildman–Crippen MR) is 58.0 cm³/mol.